The molecule has 1 amide bonds. The van der Waals surface area contributed by atoms with Crippen molar-refractivity contribution in [3.63, 3.8) is 0 Å². The zero-order valence-electron chi connectivity index (χ0n) is 13.3. The van der Waals surface area contributed by atoms with Crippen LogP contribution < -0.4 is 16.4 Å². The van der Waals surface area contributed by atoms with Crippen LogP contribution >= 0.6 is 0 Å². The lowest BCUT2D eigenvalue weighted by atomic mass is 9.73. The molecule has 0 saturated heterocycles. The summed E-state index contributed by atoms with van der Waals surface area (Å²) in [6, 6.07) is 5.94. The molecule has 4 N–H and O–H groups in total. The lowest BCUT2D eigenvalue weighted by Crippen LogP contribution is -2.39. The predicted molar refractivity (Wildman–Crippen MR) is 88.5 cm³/mol. The molecule has 0 heterocycles. The van der Waals surface area contributed by atoms with Crippen molar-refractivity contribution in [2.75, 3.05) is 17.6 Å². The highest BCUT2D eigenvalue weighted by atomic mass is 16.1. The molecule has 116 valence electrons. The number of nitrogens with one attached hydrogen (secondary N) is 2. The Labute approximate surface area is 127 Å². The molecule has 1 fully saturated rings. The molecule has 4 nitrogen and oxygen atoms in total. The summed E-state index contributed by atoms with van der Waals surface area (Å²) in [5.41, 5.74) is 8.59. The van der Waals surface area contributed by atoms with Gasteiger partial charge in [0.05, 0.1) is 11.4 Å². The van der Waals surface area contributed by atoms with Gasteiger partial charge in [0.1, 0.15) is 0 Å². The van der Waals surface area contributed by atoms with Crippen LogP contribution in [0.5, 0.6) is 0 Å². The van der Waals surface area contributed by atoms with E-state index in [0.717, 1.165) is 5.69 Å². The molecule has 1 aliphatic rings. The van der Waals surface area contributed by atoms with Crippen LogP contribution in [0.25, 0.3) is 0 Å². The Bertz CT molecular complexity index is 511. The quantitative estimate of drug-likeness (QED) is 0.744. The minimum absolute atomic E-state index is 0.0752. The maximum atomic E-state index is 11.8. The van der Waals surface area contributed by atoms with Crippen LogP contribution in [0.3, 0.4) is 0 Å². The Kier molecular flexibility index (Phi) is 4.76. The Morgan fingerprint density at radius 2 is 2.14 bits per heavy atom. The molecule has 1 aliphatic carbocycles. The van der Waals surface area contributed by atoms with Gasteiger partial charge >= 0.3 is 0 Å². The summed E-state index contributed by atoms with van der Waals surface area (Å²) < 4.78 is 0. The molecule has 1 saturated carbocycles. The zero-order chi connectivity index (χ0) is 15.5. The van der Waals surface area contributed by atoms with Crippen molar-refractivity contribution in [3.05, 3.63) is 23.8 Å². The second kappa shape index (κ2) is 6.37. The first kappa shape index (κ1) is 15.7. The van der Waals surface area contributed by atoms with E-state index >= 15 is 0 Å². The molecule has 0 spiro atoms. The summed E-state index contributed by atoms with van der Waals surface area (Å²) in [7, 11) is 0. The van der Waals surface area contributed by atoms with Crippen LogP contribution in [0.2, 0.25) is 0 Å². The van der Waals surface area contributed by atoms with Crippen molar-refractivity contribution < 1.29 is 4.79 Å². The largest absolute Gasteiger partial charge is 0.397 e. The molecular weight excluding hydrogens is 262 g/mol. The number of anilines is 2. The van der Waals surface area contributed by atoms with Crippen molar-refractivity contribution in [1.29, 1.82) is 0 Å². The minimum atomic E-state index is -0.0752. The van der Waals surface area contributed by atoms with Gasteiger partial charge in [0.15, 0.2) is 0 Å². The first-order valence-corrected chi connectivity index (χ1v) is 7.88. The Morgan fingerprint density at radius 1 is 1.38 bits per heavy atom. The second-order valence-electron chi connectivity index (χ2n) is 6.59. The molecule has 0 aliphatic heterocycles. The van der Waals surface area contributed by atoms with E-state index in [4.69, 9.17) is 5.73 Å². The molecule has 1 unspecified atom stereocenters. The lowest BCUT2D eigenvalue weighted by molar-refractivity contribution is 0.0956. The van der Waals surface area contributed by atoms with Gasteiger partial charge in [0.2, 0.25) is 0 Å². The summed E-state index contributed by atoms with van der Waals surface area (Å²) in [6.07, 6.45) is 4.97. The van der Waals surface area contributed by atoms with Gasteiger partial charge in [-0.1, -0.05) is 26.7 Å². The molecule has 0 aromatic heterocycles. The minimum Gasteiger partial charge on any atom is -0.397 e. The fourth-order valence-electron chi connectivity index (χ4n) is 3.05. The summed E-state index contributed by atoms with van der Waals surface area (Å²) >= 11 is 0. The van der Waals surface area contributed by atoms with E-state index in [-0.39, 0.29) is 11.3 Å². The maximum absolute atomic E-state index is 11.8. The van der Waals surface area contributed by atoms with Gasteiger partial charge in [-0.2, -0.15) is 0 Å². The predicted octanol–water partition coefficient (Wildman–Crippen LogP) is 3.40. The van der Waals surface area contributed by atoms with Gasteiger partial charge in [-0.25, -0.2) is 0 Å². The summed E-state index contributed by atoms with van der Waals surface area (Å²) in [6.45, 7) is 7.14. The Hall–Kier alpha value is -1.71. The second-order valence-corrected chi connectivity index (χ2v) is 6.59. The summed E-state index contributed by atoms with van der Waals surface area (Å²) in [5, 5.41) is 6.37. The number of hydrogen-bond acceptors (Lipinski definition) is 3. The smallest absolute Gasteiger partial charge is 0.251 e. The van der Waals surface area contributed by atoms with Gasteiger partial charge in [-0.05, 0) is 43.4 Å². The van der Waals surface area contributed by atoms with Crippen LogP contribution in [-0.2, 0) is 0 Å². The van der Waals surface area contributed by atoms with Gasteiger partial charge in [-0.15, -0.1) is 0 Å². The van der Waals surface area contributed by atoms with Crippen LogP contribution in [-0.4, -0.2) is 18.5 Å². The van der Waals surface area contributed by atoms with Crippen LogP contribution in [0, 0.1) is 5.41 Å². The van der Waals surface area contributed by atoms with Crippen LogP contribution in [0.1, 0.15) is 56.8 Å². The number of rotatable bonds is 4. The summed E-state index contributed by atoms with van der Waals surface area (Å²) in [5.74, 6) is -0.0752. The molecule has 0 radical (unpaired) electrons. The van der Waals surface area contributed by atoms with E-state index in [1.807, 2.05) is 19.1 Å². The highest BCUT2D eigenvalue weighted by Crippen LogP contribution is 2.38. The van der Waals surface area contributed by atoms with Crippen molar-refractivity contribution in [2.45, 2.75) is 52.5 Å². The number of nitrogen functional groups attached to an aromatic ring is 1. The van der Waals surface area contributed by atoms with Crippen LogP contribution in [0.15, 0.2) is 18.2 Å². The third kappa shape index (κ3) is 3.69. The average molecular weight is 289 g/mol. The molecular formula is C17H27N3O. The first-order valence-electron chi connectivity index (χ1n) is 7.88. The third-order valence-corrected chi connectivity index (χ3v) is 4.49. The van der Waals surface area contributed by atoms with E-state index in [9.17, 15) is 4.79 Å². The monoisotopic (exact) mass is 289 g/mol. The third-order valence-electron chi connectivity index (χ3n) is 4.49. The van der Waals surface area contributed by atoms with Crippen molar-refractivity contribution in [3.8, 4) is 0 Å². The number of hydrogen-bond donors (Lipinski definition) is 3. The molecule has 2 rings (SSSR count). The van der Waals surface area contributed by atoms with E-state index < -0.39 is 0 Å². The Balaban J connectivity index is 2.12. The van der Waals surface area contributed by atoms with E-state index in [1.165, 1.54) is 25.7 Å². The number of carbonyl (C=O) groups excluding carboxylic acids is 1. The van der Waals surface area contributed by atoms with E-state index in [1.54, 1.807) is 6.07 Å². The molecule has 1 aromatic carbocycles. The fraction of sp³-hybridized carbons (Fsp3) is 0.588. The van der Waals surface area contributed by atoms with Gasteiger partial charge in [-0.3, -0.25) is 4.79 Å². The number of carbonyl (C=O) groups is 1. The first-order chi connectivity index (χ1) is 9.94. The molecule has 0 bridgehead atoms. The Morgan fingerprint density at radius 3 is 2.76 bits per heavy atom. The normalized spacial score (nSPS) is 20.8. The molecule has 21 heavy (non-hydrogen) atoms. The highest BCUT2D eigenvalue weighted by molar-refractivity contribution is 5.96. The standard InChI is InChI=1S/C17H27N3O/c1-4-19-16(21)12-8-9-14(13(18)11-12)20-15-7-5-6-10-17(15,2)3/h8-9,11,15,20H,4-7,10,18H2,1-3H3,(H,19,21). The topological polar surface area (TPSA) is 67.2 Å². The van der Waals surface area contributed by atoms with E-state index in [0.29, 0.717) is 23.8 Å². The van der Waals surface area contributed by atoms with Crippen LogP contribution in [0.4, 0.5) is 11.4 Å². The molecule has 4 heteroatoms. The maximum Gasteiger partial charge on any atom is 0.251 e. The van der Waals surface area contributed by atoms with Gasteiger partial charge in [0.25, 0.3) is 5.91 Å². The van der Waals surface area contributed by atoms with Gasteiger partial charge in [0, 0.05) is 18.2 Å². The van der Waals surface area contributed by atoms with Crippen molar-refractivity contribution in [1.82, 2.24) is 5.32 Å². The SMILES string of the molecule is CCNC(=O)c1ccc(NC2CCCCC2(C)C)c(N)c1. The molecule has 1 aromatic rings. The molecule has 1 atom stereocenters. The number of benzene rings is 1. The highest BCUT2D eigenvalue weighted by Gasteiger charge is 2.32. The number of amides is 1. The zero-order valence-corrected chi connectivity index (χ0v) is 13.3. The fourth-order valence-corrected chi connectivity index (χ4v) is 3.05. The van der Waals surface area contributed by atoms with Crippen molar-refractivity contribution in [2.24, 2.45) is 5.41 Å². The van der Waals surface area contributed by atoms with Crippen molar-refractivity contribution >= 4 is 17.3 Å². The number of nitrogens with two attached hydrogens (primary N) is 1. The summed E-state index contributed by atoms with van der Waals surface area (Å²) in [4.78, 5) is 11.8. The average Bonchev–Trinajstić information content (AvgIpc) is 2.43. The van der Waals surface area contributed by atoms with Gasteiger partial charge < -0.3 is 16.4 Å². The lowest BCUT2D eigenvalue weighted by Gasteiger charge is -2.39. The van der Waals surface area contributed by atoms with E-state index in [2.05, 4.69) is 24.5 Å².